The van der Waals surface area contributed by atoms with Crippen molar-refractivity contribution in [1.29, 1.82) is 0 Å². The molecule has 5 heteroatoms. The van der Waals surface area contributed by atoms with Crippen molar-refractivity contribution >= 4 is 5.78 Å². The van der Waals surface area contributed by atoms with Crippen molar-refractivity contribution in [2.24, 2.45) is 7.05 Å². The molecule has 0 fully saturated rings. The molecule has 2 rings (SSSR count). The minimum absolute atomic E-state index is 0.0708. The molecular weight excluding hydrogens is 238 g/mol. The summed E-state index contributed by atoms with van der Waals surface area (Å²) in [6, 6.07) is 4.78. The third-order valence-electron chi connectivity index (χ3n) is 2.76. The van der Waals surface area contributed by atoms with E-state index in [1.165, 1.54) is 6.07 Å². The summed E-state index contributed by atoms with van der Waals surface area (Å²) in [5.74, 6) is -1.84. The quantitative estimate of drug-likeness (QED) is 0.781. The first-order valence-electron chi connectivity index (χ1n) is 5.53. The Bertz CT molecular complexity index is 578. The number of rotatable bonds is 4. The van der Waals surface area contributed by atoms with Crippen molar-refractivity contribution < 1.29 is 13.6 Å². The van der Waals surface area contributed by atoms with Gasteiger partial charge in [-0.3, -0.25) is 9.48 Å². The molecule has 0 radical (unpaired) electrons. The molecule has 0 saturated carbocycles. The Balaban J connectivity index is 2.06. The van der Waals surface area contributed by atoms with Gasteiger partial charge in [-0.05, 0) is 24.6 Å². The van der Waals surface area contributed by atoms with Gasteiger partial charge in [0, 0.05) is 31.4 Å². The van der Waals surface area contributed by atoms with Gasteiger partial charge in [0.05, 0.1) is 5.56 Å². The molecule has 0 spiro atoms. The van der Waals surface area contributed by atoms with Crippen molar-refractivity contribution in [3.8, 4) is 0 Å². The number of nitrogens with zero attached hydrogens (tertiary/aromatic N) is 2. The molecule has 0 N–H and O–H groups in total. The Morgan fingerprint density at radius 3 is 2.72 bits per heavy atom. The smallest absolute Gasteiger partial charge is 0.166 e. The van der Waals surface area contributed by atoms with Gasteiger partial charge in [0.2, 0.25) is 0 Å². The Morgan fingerprint density at radius 1 is 1.33 bits per heavy atom. The fourth-order valence-corrected chi connectivity index (χ4v) is 1.74. The van der Waals surface area contributed by atoms with Gasteiger partial charge in [0.25, 0.3) is 0 Å². The van der Waals surface area contributed by atoms with E-state index in [1.807, 2.05) is 0 Å². The standard InChI is InChI=1S/C13H12F2N2O/c1-17-10(6-7-16-17)3-5-13(18)11-4-2-9(14)8-12(11)15/h2,4,6-8H,3,5H2,1H3. The average molecular weight is 250 g/mol. The third kappa shape index (κ3) is 2.61. The van der Waals surface area contributed by atoms with Crippen LogP contribution >= 0.6 is 0 Å². The maximum atomic E-state index is 13.4. The summed E-state index contributed by atoms with van der Waals surface area (Å²) in [7, 11) is 1.78. The fourth-order valence-electron chi connectivity index (χ4n) is 1.74. The van der Waals surface area contributed by atoms with Gasteiger partial charge in [0.15, 0.2) is 5.78 Å². The summed E-state index contributed by atoms with van der Waals surface area (Å²) in [5, 5.41) is 3.98. The van der Waals surface area contributed by atoms with Crippen molar-refractivity contribution in [3.05, 3.63) is 53.4 Å². The molecule has 0 aliphatic heterocycles. The van der Waals surface area contributed by atoms with Crippen LogP contribution in [0.3, 0.4) is 0 Å². The molecule has 0 unspecified atom stereocenters. The van der Waals surface area contributed by atoms with E-state index >= 15 is 0 Å². The van der Waals surface area contributed by atoms with Crippen molar-refractivity contribution in [3.63, 3.8) is 0 Å². The highest BCUT2D eigenvalue weighted by molar-refractivity contribution is 5.96. The summed E-state index contributed by atoms with van der Waals surface area (Å²) in [5.41, 5.74) is 0.824. The predicted octanol–water partition coefficient (Wildman–Crippen LogP) is 2.51. The molecule has 3 nitrogen and oxygen atoms in total. The largest absolute Gasteiger partial charge is 0.294 e. The lowest BCUT2D eigenvalue weighted by Gasteiger charge is -2.03. The van der Waals surface area contributed by atoms with Crippen molar-refractivity contribution in [2.75, 3.05) is 0 Å². The van der Waals surface area contributed by atoms with Gasteiger partial charge >= 0.3 is 0 Å². The lowest BCUT2D eigenvalue weighted by Crippen LogP contribution is -2.06. The predicted molar refractivity (Wildman–Crippen MR) is 62.2 cm³/mol. The Kier molecular flexibility index (Phi) is 3.50. The van der Waals surface area contributed by atoms with Crippen LogP contribution in [-0.4, -0.2) is 15.6 Å². The number of aromatic nitrogens is 2. The van der Waals surface area contributed by atoms with E-state index in [-0.39, 0.29) is 17.8 Å². The highest BCUT2D eigenvalue weighted by atomic mass is 19.1. The number of hydrogen-bond acceptors (Lipinski definition) is 2. The number of carbonyl (C=O) groups is 1. The van der Waals surface area contributed by atoms with E-state index in [2.05, 4.69) is 5.10 Å². The fraction of sp³-hybridized carbons (Fsp3) is 0.231. The monoisotopic (exact) mass is 250 g/mol. The van der Waals surface area contributed by atoms with Crippen LogP contribution in [0, 0.1) is 11.6 Å². The van der Waals surface area contributed by atoms with E-state index in [1.54, 1.807) is 24.0 Å². The molecular formula is C13H12F2N2O. The van der Waals surface area contributed by atoms with E-state index in [0.29, 0.717) is 6.42 Å². The minimum atomic E-state index is -0.815. The van der Waals surface area contributed by atoms with Gasteiger partial charge in [-0.2, -0.15) is 5.10 Å². The normalized spacial score (nSPS) is 10.6. The van der Waals surface area contributed by atoms with Crippen LogP contribution in [0.2, 0.25) is 0 Å². The van der Waals surface area contributed by atoms with Crippen LogP contribution in [-0.2, 0) is 13.5 Å². The molecule has 1 heterocycles. The second-order valence-electron chi connectivity index (χ2n) is 3.99. The summed E-state index contributed by atoms with van der Waals surface area (Å²) in [4.78, 5) is 11.8. The molecule has 94 valence electrons. The lowest BCUT2D eigenvalue weighted by atomic mass is 10.0. The number of ketones is 1. The van der Waals surface area contributed by atoms with E-state index < -0.39 is 11.6 Å². The number of benzene rings is 1. The molecule has 0 atom stereocenters. The molecule has 0 aliphatic rings. The number of hydrogen-bond donors (Lipinski definition) is 0. The molecule has 1 aromatic heterocycles. The van der Waals surface area contributed by atoms with Crippen LogP contribution < -0.4 is 0 Å². The number of carbonyl (C=O) groups excluding carboxylic acids is 1. The van der Waals surface area contributed by atoms with Gasteiger partial charge < -0.3 is 0 Å². The highest BCUT2D eigenvalue weighted by Crippen LogP contribution is 2.13. The van der Waals surface area contributed by atoms with Crippen LogP contribution in [0.5, 0.6) is 0 Å². The Morgan fingerprint density at radius 2 is 2.11 bits per heavy atom. The second-order valence-corrected chi connectivity index (χ2v) is 3.99. The second kappa shape index (κ2) is 5.08. The van der Waals surface area contributed by atoms with Crippen LogP contribution in [0.15, 0.2) is 30.5 Å². The Labute approximate surface area is 103 Å². The minimum Gasteiger partial charge on any atom is -0.294 e. The molecule has 2 aromatic rings. The van der Waals surface area contributed by atoms with Gasteiger partial charge in [-0.25, -0.2) is 8.78 Å². The maximum Gasteiger partial charge on any atom is 0.166 e. The van der Waals surface area contributed by atoms with Crippen LogP contribution in [0.25, 0.3) is 0 Å². The Hall–Kier alpha value is -2.04. The molecule has 0 saturated heterocycles. The van der Waals surface area contributed by atoms with Gasteiger partial charge in [-0.1, -0.05) is 0 Å². The zero-order valence-electron chi connectivity index (χ0n) is 9.86. The van der Waals surface area contributed by atoms with Crippen molar-refractivity contribution in [2.45, 2.75) is 12.8 Å². The first-order valence-corrected chi connectivity index (χ1v) is 5.53. The summed E-state index contributed by atoms with van der Waals surface area (Å²) in [6.45, 7) is 0. The first kappa shape index (κ1) is 12.4. The lowest BCUT2D eigenvalue weighted by molar-refractivity contribution is 0.0978. The number of Topliss-reactive ketones (excluding diaryl/α,β-unsaturated/α-hetero) is 1. The zero-order valence-corrected chi connectivity index (χ0v) is 9.86. The van der Waals surface area contributed by atoms with Crippen molar-refractivity contribution in [1.82, 2.24) is 9.78 Å². The van der Waals surface area contributed by atoms with E-state index in [9.17, 15) is 13.6 Å². The van der Waals surface area contributed by atoms with E-state index in [4.69, 9.17) is 0 Å². The topological polar surface area (TPSA) is 34.9 Å². The summed E-state index contributed by atoms with van der Waals surface area (Å²) >= 11 is 0. The molecule has 0 bridgehead atoms. The number of aryl methyl sites for hydroxylation is 2. The molecule has 0 amide bonds. The van der Waals surface area contributed by atoms with Crippen LogP contribution in [0.4, 0.5) is 8.78 Å². The third-order valence-corrected chi connectivity index (χ3v) is 2.76. The zero-order chi connectivity index (χ0) is 13.1. The van der Waals surface area contributed by atoms with E-state index in [0.717, 1.165) is 17.8 Å². The van der Waals surface area contributed by atoms with Gasteiger partial charge in [-0.15, -0.1) is 0 Å². The SMILES string of the molecule is Cn1nccc1CCC(=O)c1ccc(F)cc1F. The average Bonchev–Trinajstić information content (AvgIpc) is 2.72. The van der Waals surface area contributed by atoms with Gasteiger partial charge in [0.1, 0.15) is 11.6 Å². The van der Waals surface area contributed by atoms with Crippen LogP contribution in [0.1, 0.15) is 22.5 Å². The highest BCUT2D eigenvalue weighted by Gasteiger charge is 2.13. The summed E-state index contributed by atoms with van der Waals surface area (Å²) < 4.78 is 27.7. The summed E-state index contributed by atoms with van der Waals surface area (Å²) in [6.07, 6.45) is 2.28. The molecule has 18 heavy (non-hydrogen) atoms. The molecule has 0 aliphatic carbocycles. The number of halogens is 2. The molecule has 1 aromatic carbocycles. The first-order chi connectivity index (χ1) is 8.58. The maximum absolute atomic E-state index is 13.4.